The predicted molar refractivity (Wildman–Crippen MR) is 70.9 cm³/mol. The van der Waals surface area contributed by atoms with Crippen LogP contribution in [0.1, 0.15) is 37.4 Å². The van der Waals surface area contributed by atoms with Gasteiger partial charge in [0, 0.05) is 19.1 Å². The number of nitrogens with zero attached hydrogens (tertiary/aromatic N) is 2. The summed E-state index contributed by atoms with van der Waals surface area (Å²) in [6.07, 6.45) is 4.75. The Hall–Kier alpha value is -1.07. The van der Waals surface area contributed by atoms with Gasteiger partial charge in [0.1, 0.15) is 11.5 Å². The Morgan fingerprint density at radius 2 is 2.17 bits per heavy atom. The molecule has 2 fully saturated rings. The number of aromatic nitrogens is 2. The standard InChI is InChI=1S/C12H17ClN4O/c13-10-9(14)12(15-6-8-2-1-5-18-8)17-11(16-10)7-3-4-7/h7-8H,1-6,14H2,(H,15,16,17). The Balaban J connectivity index is 1.72. The van der Waals surface area contributed by atoms with Crippen molar-refractivity contribution in [1.29, 1.82) is 0 Å². The van der Waals surface area contributed by atoms with E-state index in [1.807, 2.05) is 0 Å². The zero-order chi connectivity index (χ0) is 12.5. The van der Waals surface area contributed by atoms with Gasteiger partial charge in [-0.3, -0.25) is 0 Å². The van der Waals surface area contributed by atoms with Crippen molar-refractivity contribution in [3.63, 3.8) is 0 Å². The molecule has 1 aliphatic heterocycles. The molecule has 1 aliphatic carbocycles. The maximum absolute atomic E-state index is 6.04. The van der Waals surface area contributed by atoms with Crippen LogP contribution in [0.2, 0.25) is 5.15 Å². The normalized spacial score (nSPS) is 23.3. The first kappa shape index (κ1) is 12.0. The maximum atomic E-state index is 6.04. The molecular weight excluding hydrogens is 252 g/mol. The molecule has 6 heteroatoms. The molecule has 5 nitrogen and oxygen atoms in total. The Morgan fingerprint density at radius 3 is 2.83 bits per heavy atom. The van der Waals surface area contributed by atoms with Crippen molar-refractivity contribution in [3.8, 4) is 0 Å². The van der Waals surface area contributed by atoms with Crippen LogP contribution in [0.3, 0.4) is 0 Å². The third-order valence-corrected chi connectivity index (χ3v) is 3.67. The van der Waals surface area contributed by atoms with Crippen LogP contribution < -0.4 is 11.1 Å². The summed E-state index contributed by atoms with van der Waals surface area (Å²) in [5.41, 5.74) is 6.33. The van der Waals surface area contributed by atoms with Gasteiger partial charge in [0.2, 0.25) is 0 Å². The van der Waals surface area contributed by atoms with Gasteiger partial charge in [0.15, 0.2) is 11.0 Å². The van der Waals surface area contributed by atoms with Gasteiger partial charge in [-0.15, -0.1) is 0 Å². The Kier molecular flexibility index (Phi) is 3.26. The Bertz CT molecular complexity index is 444. The number of nitrogens with two attached hydrogens (primary N) is 1. The number of ether oxygens (including phenoxy) is 1. The summed E-state index contributed by atoms with van der Waals surface area (Å²) in [7, 11) is 0. The highest BCUT2D eigenvalue weighted by Crippen LogP contribution is 2.40. The molecule has 3 rings (SSSR count). The molecule has 0 aromatic carbocycles. The van der Waals surface area contributed by atoms with E-state index in [1.54, 1.807) is 0 Å². The summed E-state index contributed by atoms with van der Waals surface area (Å²) in [4.78, 5) is 8.70. The number of anilines is 2. The van der Waals surface area contributed by atoms with Crippen LogP contribution in [-0.2, 0) is 4.74 Å². The number of rotatable bonds is 4. The van der Waals surface area contributed by atoms with Crippen LogP contribution >= 0.6 is 11.6 Å². The van der Waals surface area contributed by atoms with Crippen LogP contribution in [0.5, 0.6) is 0 Å². The molecule has 2 heterocycles. The first-order valence-corrected chi connectivity index (χ1v) is 6.80. The van der Waals surface area contributed by atoms with Gasteiger partial charge in [0.25, 0.3) is 0 Å². The van der Waals surface area contributed by atoms with Gasteiger partial charge in [0.05, 0.1) is 6.10 Å². The zero-order valence-corrected chi connectivity index (χ0v) is 10.9. The predicted octanol–water partition coefficient (Wildman–Crippen LogP) is 2.18. The zero-order valence-electron chi connectivity index (χ0n) is 10.2. The van der Waals surface area contributed by atoms with E-state index in [4.69, 9.17) is 22.1 Å². The summed E-state index contributed by atoms with van der Waals surface area (Å²) < 4.78 is 5.56. The summed E-state index contributed by atoms with van der Waals surface area (Å²) in [5.74, 6) is 1.92. The molecule has 0 bridgehead atoms. The SMILES string of the molecule is Nc1c(Cl)nc(C2CC2)nc1NCC1CCCO1. The van der Waals surface area contributed by atoms with Crippen molar-refractivity contribution in [1.82, 2.24) is 9.97 Å². The smallest absolute Gasteiger partial charge is 0.157 e. The van der Waals surface area contributed by atoms with Crippen molar-refractivity contribution in [2.75, 3.05) is 24.2 Å². The molecule has 98 valence electrons. The highest BCUT2D eigenvalue weighted by molar-refractivity contribution is 6.32. The topological polar surface area (TPSA) is 73.1 Å². The van der Waals surface area contributed by atoms with Crippen molar-refractivity contribution < 1.29 is 4.74 Å². The lowest BCUT2D eigenvalue weighted by molar-refractivity contribution is 0.120. The van der Waals surface area contributed by atoms with E-state index in [1.165, 1.54) is 0 Å². The van der Waals surface area contributed by atoms with Crippen molar-refractivity contribution in [2.45, 2.75) is 37.7 Å². The van der Waals surface area contributed by atoms with Crippen LogP contribution in [0, 0.1) is 0 Å². The minimum absolute atomic E-state index is 0.252. The van der Waals surface area contributed by atoms with Gasteiger partial charge in [-0.05, 0) is 25.7 Å². The summed E-state index contributed by atoms with van der Waals surface area (Å²) in [6, 6.07) is 0. The molecule has 2 aliphatic rings. The highest BCUT2D eigenvalue weighted by Gasteiger charge is 2.28. The van der Waals surface area contributed by atoms with Crippen molar-refractivity contribution in [3.05, 3.63) is 11.0 Å². The fourth-order valence-electron chi connectivity index (χ4n) is 2.13. The molecule has 1 atom stereocenters. The largest absolute Gasteiger partial charge is 0.393 e. The quantitative estimate of drug-likeness (QED) is 0.819. The molecule has 1 saturated heterocycles. The van der Waals surface area contributed by atoms with E-state index in [2.05, 4.69) is 15.3 Å². The Labute approximate surface area is 111 Å². The lowest BCUT2D eigenvalue weighted by atomic mass is 10.2. The first-order valence-electron chi connectivity index (χ1n) is 6.42. The van der Waals surface area contributed by atoms with E-state index < -0.39 is 0 Å². The van der Waals surface area contributed by atoms with Crippen LogP contribution in [0.15, 0.2) is 0 Å². The first-order chi connectivity index (χ1) is 8.74. The fourth-order valence-corrected chi connectivity index (χ4v) is 2.31. The third kappa shape index (κ3) is 2.52. The minimum Gasteiger partial charge on any atom is -0.393 e. The molecule has 0 amide bonds. The lowest BCUT2D eigenvalue weighted by Gasteiger charge is -2.14. The lowest BCUT2D eigenvalue weighted by Crippen LogP contribution is -2.20. The van der Waals surface area contributed by atoms with E-state index >= 15 is 0 Å². The average Bonchev–Trinajstić information content (AvgIpc) is 3.08. The minimum atomic E-state index is 0.252. The van der Waals surface area contributed by atoms with Gasteiger partial charge in [-0.1, -0.05) is 11.6 Å². The average molecular weight is 269 g/mol. The molecule has 1 saturated carbocycles. The number of hydrogen-bond donors (Lipinski definition) is 2. The molecule has 1 unspecified atom stereocenters. The number of hydrogen-bond acceptors (Lipinski definition) is 5. The number of nitrogen functional groups attached to an aromatic ring is 1. The Morgan fingerprint density at radius 1 is 1.33 bits per heavy atom. The fraction of sp³-hybridized carbons (Fsp3) is 0.667. The molecule has 0 spiro atoms. The van der Waals surface area contributed by atoms with E-state index in [9.17, 15) is 0 Å². The summed E-state index contributed by atoms with van der Waals surface area (Å²) in [6.45, 7) is 1.57. The van der Waals surface area contributed by atoms with Crippen molar-refractivity contribution >= 4 is 23.1 Å². The van der Waals surface area contributed by atoms with Crippen LogP contribution in [0.25, 0.3) is 0 Å². The van der Waals surface area contributed by atoms with Crippen molar-refractivity contribution in [2.24, 2.45) is 0 Å². The molecule has 18 heavy (non-hydrogen) atoms. The van der Waals surface area contributed by atoms with E-state index in [-0.39, 0.29) is 6.10 Å². The maximum Gasteiger partial charge on any atom is 0.157 e. The molecule has 0 radical (unpaired) electrons. The second-order valence-electron chi connectivity index (χ2n) is 4.93. The molecular formula is C12H17ClN4O. The summed E-state index contributed by atoms with van der Waals surface area (Å²) >= 11 is 6.04. The number of nitrogens with one attached hydrogen (secondary N) is 1. The molecule has 3 N–H and O–H groups in total. The second-order valence-corrected chi connectivity index (χ2v) is 5.28. The molecule has 1 aromatic rings. The molecule has 1 aromatic heterocycles. The van der Waals surface area contributed by atoms with Gasteiger partial charge in [-0.25, -0.2) is 9.97 Å². The monoisotopic (exact) mass is 268 g/mol. The van der Waals surface area contributed by atoms with E-state index in [0.29, 0.717) is 22.6 Å². The van der Waals surface area contributed by atoms with Gasteiger partial charge in [-0.2, -0.15) is 0 Å². The van der Waals surface area contributed by atoms with E-state index in [0.717, 1.165) is 44.7 Å². The van der Waals surface area contributed by atoms with Gasteiger partial charge < -0.3 is 15.8 Å². The summed E-state index contributed by atoms with van der Waals surface area (Å²) in [5, 5.41) is 3.58. The van der Waals surface area contributed by atoms with Crippen LogP contribution in [-0.4, -0.2) is 29.2 Å². The van der Waals surface area contributed by atoms with Gasteiger partial charge >= 0.3 is 0 Å². The van der Waals surface area contributed by atoms with Crippen LogP contribution in [0.4, 0.5) is 11.5 Å². The highest BCUT2D eigenvalue weighted by atomic mass is 35.5. The second kappa shape index (κ2) is 4.90. The third-order valence-electron chi connectivity index (χ3n) is 3.38. The number of halogens is 1.